The summed E-state index contributed by atoms with van der Waals surface area (Å²) < 4.78 is 5.96. The lowest BCUT2D eigenvalue weighted by Gasteiger charge is -2.23. The minimum absolute atomic E-state index is 0.0102. The van der Waals surface area contributed by atoms with Crippen LogP contribution < -0.4 is 4.74 Å². The number of carbonyl (C=O) groups is 1. The van der Waals surface area contributed by atoms with E-state index >= 15 is 0 Å². The zero-order chi connectivity index (χ0) is 20.9. The lowest BCUT2D eigenvalue weighted by Crippen LogP contribution is -2.22. The first kappa shape index (κ1) is 19.6. The number of ether oxygens (including phenoxy) is 1. The highest BCUT2D eigenvalue weighted by Crippen LogP contribution is 2.36. The molecule has 0 saturated heterocycles. The zero-order valence-electron chi connectivity index (χ0n) is 16.8. The number of carbonyl (C=O) groups excluding carboxylic acids is 1. The van der Waals surface area contributed by atoms with Gasteiger partial charge in [0.1, 0.15) is 17.2 Å². The maximum atomic E-state index is 12.9. The molecule has 0 fully saturated rings. The van der Waals surface area contributed by atoms with E-state index in [1.807, 2.05) is 84.9 Å². The number of hydrogen-bond donors (Lipinski definition) is 1. The molecule has 4 heteroatoms. The smallest absolute Gasteiger partial charge is 0.168 e. The van der Waals surface area contributed by atoms with Gasteiger partial charge in [-0.3, -0.25) is 4.79 Å². The Labute approximate surface area is 176 Å². The third-order valence-electron chi connectivity index (χ3n) is 5.20. The van der Waals surface area contributed by atoms with E-state index in [-0.39, 0.29) is 17.5 Å². The molecule has 1 aliphatic carbocycles. The minimum atomic E-state index is -0.0877. The van der Waals surface area contributed by atoms with E-state index in [1.54, 1.807) is 6.92 Å². The van der Waals surface area contributed by atoms with Gasteiger partial charge in [0.05, 0.1) is 11.3 Å². The van der Waals surface area contributed by atoms with Crippen molar-refractivity contribution < 1.29 is 14.6 Å². The van der Waals surface area contributed by atoms with Crippen LogP contribution in [0.15, 0.2) is 101 Å². The van der Waals surface area contributed by atoms with Gasteiger partial charge in [0.15, 0.2) is 11.5 Å². The van der Waals surface area contributed by atoms with Gasteiger partial charge in [-0.05, 0) is 42.7 Å². The number of rotatable bonds is 5. The number of allylic oxidation sites excluding steroid dienone is 2. The zero-order valence-corrected chi connectivity index (χ0v) is 16.8. The van der Waals surface area contributed by atoms with Crippen molar-refractivity contribution in [1.82, 2.24) is 0 Å². The molecule has 0 spiro atoms. The van der Waals surface area contributed by atoms with Crippen LogP contribution in [0, 0.1) is 0 Å². The van der Waals surface area contributed by atoms with Crippen LogP contribution in [0.3, 0.4) is 0 Å². The highest BCUT2D eigenvalue weighted by atomic mass is 16.5. The Balaban J connectivity index is 1.61. The van der Waals surface area contributed by atoms with Crippen molar-refractivity contribution in [3.8, 4) is 11.5 Å². The van der Waals surface area contributed by atoms with Crippen LogP contribution in [0.25, 0.3) is 0 Å². The molecule has 150 valence electrons. The molecule has 3 aromatic rings. The molecule has 30 heavy (non-hydrogen) atoms. The molecule has 0 aliphatic heterocycles. The predicted molar refractivity (Wildman–Crippen MR) is 119 cm³/mol. The Bertz CT molecular complexity index is 1100. The largest absolute Gasteiger partial charge is 0.511 e. The Morgan fingerprint density at radius 3 is 2.23 bits per heavy atom. The monoisotopic (exact) mass is 397 g/mol. The summed E-state index contributed by atoms with van der Waals surface area (Å²) in [5, 5.41) is 10.7. The summed E-state index contributed by atoms with van der Waals surface area (Å²) in [5.74, 6) is 1.30. The van der Waals surface area contributed by atoms with E-state index in [1.165, 1.54) is 0 Å². The highest BCUT2D eigenvalue weighted by molar-refractivity contribution is 6.23. The summed E-state index contributed by atoms with van der Waals surface area (Å²) in [6, 6.07) is 26.7. The second kappa shape index (κ2) is 8.78. The number of benzene rings is 3. The van der Waals surface area contributed by atoms with Crippen molar-refractivity contribution in [2.75, 3.05) is 0 Å². The van der Waals surface area contributed by atoms with E-state index in [0.29, 0.717) is 41.3 Å². The fourth-order valence-electron chi connectivity index (χ4n) is 3.75. The van der Waals surface area contributed by atoms with Crippen molar-refractivity contribution in [2.45, 2.75) is 25.7 Å². The summed E-state index contributed by atoms with van der Waals surface area (Å²) in [6.45, 7) is 1.76. The van der Waals surface area contributed by atoms with Crippen molar-refractivity contribution in [2.24, 2.45) is 4.99 Å². The van der Waals surface area contributed by atoms with Crippen LogP contribution in [0.2, 0.25) is 0 Å². The summed E-state index contributed by atoms with van der Waals surface area (Å²) in [4.78, 5) is 17.5. The molecule has 1 N–H and O–H groups in total. The lowest BCUT2D eigenvalue weighted by molar-refractivity contribution is -0.116. The summed E-state index contributed by atoms with van der Waals surface area (Å²) >= 11 is 0. The standard InChI is InChI=1S/C26H23NO3/c1-18(26-23(28)16-20(17-24(26)29)19-10-4-2-5-11-19)27-22-14-8-9-15-25(22)30-21-12-6-3-7-13-21/h2-15,20,28H,16-17H2,1H3. The molecule has 0 amide bonds. The van der Waals surface area contributed by atoms with Gasteiger partial charge in [-0.1, -0.05) is 60.7 Å². The lowest BCUT2D eigenvalue weighted by atomic mass is 9.81. The predicted octanol–water partition coefficient (Wildman–Crippen LogP) is 6.53. The van der Waals surface area contributed by atoms with Gasteiger partial charge in [-0.2, -0.15) is 0 Å². The van der Waals surface area contributed by atoms with Crippen molar-refractivity contribution in [1.29, 1.82) is 0 Å². The minimum Gasteiger partial charge on any atom is -0.511 e. The van der Waals surface area contributed by atoms with E-state index in [0.717, 1.165) is 5.56 Å². The van der Waals surface area contributed by atoms with Gasteiger partial charge in [0, 0.05) is 12.8 Å². The molecule has 4 rings (SSSR count). The third kappa shape index (κ3) is 4.33. The van der Waals surface area contributed by atoms with Gasteiger partial charge in [-0.15, -0.1) is 0 Å². The fourth-order valence-corrected chi connectivity index (χ4v) is 3.75. The van der Waals surface area contributed by atoms with Gasteiger partial charge in [0.25, 0.3) is 0 Å². The molecule has 1 atom stereocenters. The second-order valence-corrected chi connectivity index (χ2v) is 7.34. The molecule has 0 heterocycles. The molecule has 0 radical (unpaired) electrons. The number of aliphatic hydroxyl groups excluding tert-OH is 1. The van der Waals surface area contributed by atoms with Crippen LogP contribution >= 0.6 is 0 Å². The van der Waals surface area contributed by atoms with E-state index in [9.17, 15) is 9.90 Å². The quantitative estimate of drug-likeness (QED) is 0.498. The summed E-state index contributed by atoms with van der Waals surface area (Å²) in [6.07, 6.45) is 0.790. The first-order valence-electron chi connectivity index (χ1n) is 9.99. The van der Waals surface area contributed by atoms with E-state index < -0.39 is 0 Å². The van der Waals surface area contributed by atoms with Crippen LogP contribution in [0.4, 0.5) is 5.69 Å². The molecular weight excluding hydrogens is 374 g/mol. The topological polar surface area (TPSA) is 58.9 Å². The van der Waals surface area contributed by atoms with Crippen molar-refractivity contribution in [3.05, 3.63) is 102 Å². The summed E-state index contributed by atoms with van der Waals surface area (Å²) in [5.41, 5.74) is 2.48. The fraction of sp³-hybridized carbons (Fsp3) is 0.154. The van der Waals surface area contributed by atoms with Crippen LogP contribution in [0.5, 0.6) is 11.5 Å². The van der Waals surface area contributed by atoms with Crippen LogP contribution in [-0.2, 0) is 4.79 Å². The first-order valence-corrected chi connectivity index (χ1v) is 9.99. The first-order chi connectivity index (χ1) is 14.6. The maximum Gasteiger partial charge on any atom is 0.168 e. The van der Waals surface area contributed by atoms with Crippen molar-refractivity contribution >= 4 is 17.2 Å². The Hall–Kier alpha value is -3.66. The van der Waals surface area contributed by atoms with E-state index in [2.05, 4.69) is 4.99 Å². The SMILES string of the molecule is CC(=Nc1ccccc1Oc1ccccc1)C1=C(O)CC(c2ccccc2)CC1=O. The van der Waals surface area contributed by atoms with Crippen LogP contribution in [0.1, 0.15) is 31.2 Å². The number of aliphatic imine (C=N–C) groups is 1. The van der Waals surface area contributed by atoms with Crippen LogP contribution in [-0.4, -0.2) is 16.6 Å². The normalized spacial score (nSPS) is 17.2. The van der Waals surface area contributed by atoms with Gasteiger partial charge in [0.2, 0.25) is 0 Å². The van der Waals surface area contributed by atoms with E-state index in [4.69, 9.17) is 4.74 Å². The highest BCUT2D eigenvalue weighted by Gasteiger charge is 2.30. The average Bonchev–Trinajstić information content (AvgIpc) is 2.76. The molecule has 1 unspecified atom stereocenters. The molecule has 0 bridgehead atoms. The molecule has 1 aliphatic rings. The number of ketones is 1. The number of Topliss-reactive ketones (excluding diaryl/α,β-unsaturated/α-hetero) is 1. The Morgan fingerprint density at radius 1 is 0.900 bits per heavy atom. The Morgan fingerprint density at radius 2 is 1.53 bits per heavy atom. The molecule has 4 nitrogen and oxygen atoms in total. The van der Waals surface area contributed by atoms with Gasteiger partial charge >= 0.3 is 0 Å². The summed E-state index contributed by atoms with van der Waals surface area (Å²) in [7, 11) is 0. The molecule has 0 saturated carbocycles. The Kier molecular flexibility index (Phi) is 5.75. The molecule has 3 aromatic carbocycles. The molecule has 0 aromatic heterocycles. The number of para-hydroxylation sites is 3. The number of nitrogens with zero attached hydrogens (tertiary/aromatic N) is 1. The maximum absolute atomic E-state index is 12.9. The average molecular weight is 397 g/mol. The van der Waals surface area contributed by atoms with Gasteiger partial charge < -0.3 is 9.84 Å². The third-order valence-corrected chi connectivity index (χ3v) is 5.20. The van der Waals surface area contributed by atoms with Crippen molar-refractivity contribution in [3.63, 3.8) is 0 Å². The van der Waals surface area contributed by atoms with Gasteiger partial charge in [-0.25, -0.2) is 4.99 Å². The number of hydrogen-bond acceptors (Lipinski definition) is 4. The second-order valence-electron chi connectivity index (χ2n) is 7.34. The molecular formula is C26H23NO3. The number of aliphatic hydroxyl groups is 1.